The number of rotatable bonds is 5. The monoisotopic (exact) mass is 319 g/mol. The maximum absolute atomic E-state index is 8.98. The van der Waals surface area contributed by atoms with Crippen molar-refractivity contribution in [3.8, 4) is 11.3 Å². The van der Waals surface area contributed by atoms with Crippen molar-refractivity contribution in [3.63, 3.8) is 0 Å². The highest BCUT2D eigenvalue weighted by Gasteiger charge is 2.20. The summed E-state index contributed by atoms with van der Waals surface area (Å²) in [5.74, 6) is 0. The van der Waals surface area contributed by atoms with E-state index in [-0.39, 0.29) is 6.61 Å². The fraction of sp³-hybridized carbons (Fsp3) is 0.471. The summed E-state index contributed by atoms with van der Waals surface area (Å²) < 4.78 is 2.14. The Morgan fingerprint density at radius 2 is 1.91 bits per heavy atom. The molecule has 2 aromatic rings. The lowest BCUT2D eigenvalue weighted by Crippen LogP contribution is -2.17. The molecule has 0 bridgehead atoms. The maximum Gasteiger partial charge on any atom is 0.0958 e. The zero-order valence-electron chi connectivity index (χ0n) is 12.7. The van der Waals surface area contributed by atoms with Gasteiger partial charge in [-0.3, -0.25) is 4.68 Å². The van der Waals surface area contributed by atoms with Gasteiger partial charge in [0.2, 0.25) is 0 Å². The molecule has 118 valence electrons. The summed E-state index contributed by atoms with van der Waals surface area (Å²) in [6.45, 7) is 3.11. The summed E-state index contributed by atoms with van der Waals surface area (Å²) in [6.07, 6.45) is 3.80. The molecule has 1 aliphatic rings. The standard InChI is InChI=1S/C17H22ClN3O/c18-14-5-3-13(4-6-14)17-15-7-9-19-10-8-16(15)21(20-17)11-1-2-12-22/h3-6,19,22H,1-2,7-12H2. The number of nitrogens with one attached hydrogen (secondary N) is 1. The van der Waals surface area contributed by atoms with Crippen LogP contribution in [-0.2, 0) is 19.4 Å². The molecule has 1 aliphatic heterocycles. The van der Waals surface area contributed by atoms with Gasteiger partial charge in [-0.15, -0.1) is 0 Å². The SMILES string of the molecule is OCCCCn1nc(-c2ccc(Cl)cc2)c2c1CCNCC2. The van der Waals surface area contributed by atoms with E-state index >= 15 is 0 Å². The van der Waals surface area contributed by atoms with Crippen LogP contribution in [0.2, 0.25) is 5.02 Å². The van der Waals surface area contributed by atoms with Crippen LogP contribution in [0.15, 0.2) is 24.3 Å². The third-order valence-electron chi connectivity index (χ3n) is 4.15. The number of hydrogen-bond acceptors (Lipinski definition) is 3. The minimum Gasteiger partial charge on any atom is -0.396 e. The third-order valence-corrected chi connectivity index (χ3v) is 4.40. The average Bonchev–Trinajstić information content (AvgIpc) is 2.71. The van der Waals surface area contributed by atoms with E-state index in [4.69, 9.17) is 21.8 Å². The molecule has 2 N–H and O–H groups in total. The van der Waals surface area contributed by atoms with Gasteiger partial charge in [-0.1, -0.05) is 23.7 Å². The van der Waals surface area contributed by atoms with Gasteiger partial charge < -0.3 is 10.4 Å². The molecule has 0 atom stereocenters. The van der Waals surface area contributed by atoms with Gasteiger partial charge in [0.25, 0.3) is 0 Å². The topological polar surface area (TPSA) is 50.1 Å². The van der Waals surface area contributed by atoms with E-state index in [1.807, 2.05) is 24.3 Å². The predicted octanol–water partition coefficient (Wildman–Crippen LogP) is 2.66. The van der Waals surface area contributed by atoms with E-state index in [2.05, 4.69) is 10.00 Å². The minimum absolute atomic E-state index is 0.245. The van der Waals surface area contributed by atoms with E-state index < -0.39 is 0 Å². The van der Waals surface area contributed by atoms with Crippen molar-refractivity contribution in [1.29, 1.82) is 0 Å². The predicted molar refractivity (Wildman–Crippen MR) is 89.3 cm³/mol. The van der Waals surface area contributed by atoms with E-state index in [0.29, 0.717) is 0 Å². The molecule has 0 spiro atoms. The molecule has 0 saturated carbocycles. The van der Waals surface area contributed by atoms with Crippen molar-refractivity contribution in [2.75, 3.05) is 19.7 Å². The highest BCUT2D eigenvalue weighted by atomic mass is 35.5. The number of benzene rings is 1. The van der Waals surface area contributed by atoms with Gasteiger partial charge in [0, 0.05) is 48.0 Å². The molecule has 0 saturated heterocycles. The molecule has 5 heteroatoms. The molecular weight excluding hydrogens is 298 g/mol. The second-order valence-electron chi connectivity index (χ2n) is 5.68. The molecule has 4 nitrogen and oxygen atoms in total. The molecule has 0 fully saturated rings. The highest BCUT2D eigenvalue weighted by Crippen LogP contribution is 2.28. The number of hydrogen-bond donors (Lipinski definition) is 2. The number of aliphatic hydroxyl groups is 1. The lowest BCUT2D eigenvalue weighted by Gasteiger charge is -2.06. The van der Waals surface area contributed by atoms with Crippen molar-refractivity contribution in [1.82, 2.24) is 15.1 Å². The lowest BCUT2D eigenvalue weighted by atomic mass is 10.0. The normalized spacial score (nSPS) is 14.6. The second-order valence-corrected chi connectivity index (χ2v) is 6.12. The first kappa shape index (κ1) is 15.5. The van der Waals surface area contributed by atoms with Crippen LogP contribution in [0, 0.1) is 0 Å². The number of aryl methyl sites for hydroxylation is 1. The number of halogens is 1. The van der Waals surface area contributed by atoms with Crippen LogP contribution in [0.5, 0.6) is 0 Å². The Balaban J connectivity index is 1.96. The molecule has 1 aromatic carbocycles. The van der Waals surface area contributed by atoms with Gasteiger partial charge in [-0.25, -0.2) is 0 Å². The van der Waals surface area contributed by atoms with Crippen molar-refractivity contribution in [3.05, 3.63) is 40.5 Å². The van der Waals surface area contributed by atoms with Gasteiger partial charge in [0.1, 0.15) is 0 Å². The first-order valence-corrected chi connectivity index (χ1v) is 8.33. The fourth-order valence-corrected chi connectivity index (χ4v) is 3.15. The van der Waals surface area contributed by atoms with Gasteiger partial charge in [0.15, 0.2) is 0 Å². The molecule has 22 heavy (non-hydrogen) atoms. The van der Waals surface area contributed by atoms with Gasteiger partial charge in [0.05, 0.1) is 5.69 Å². The van der Waals surface area contributed by atoms with Crippen LogP contribution in [0.3, 0.4) is 0 Å². The summed E-state index contributed by atoms with van der Waals surface area (Å²) >= 11 is 6.00. The van der Waals surface area contributed by atoms with Crippen LogP contribution in [0.1, 0.15) is 24.1 Å². The van der Waals surface area contributed by atoms with Crippen LogP contribution >= 0.6 is 11.6 Å². The van der Waals surface area contributed by atoms with Gasteiger partial charge >= 0.3 is 0 Å². The number of aliphatic hydroxyl groups excluding tert-OH is 1. The molecule has 0 unspecified atom stereocenters. The highest BCUT2D eigenvalue weighted by molar-refractivity contribution is 6.30. The zero-order chi connectivity index (χ0) is 15.4. The molecule has 0 radical (unpaired) electrons. The van der Waals surface area contributed by atoms with Crippen molar-refractivity contribution in [2.45, 2.75) is 32.2 Å². The zero-order valence-corrected chi connectivity index (χ0v) is 13.4. The molecule has 0 amide bonds. The Hall–Kier alpha value is -1.36. The number of unbranched alkanes of at least 4 members (excludes halogenated alkanes) is 1. The number of fused-ring (bicyclic) bond motifs is 1. The first-order chi connectivity index (χ1) is 10.8. The first-order valence-electron chi connectivity index (χ1n) is 7.95. The Morgan fingerprint density at radius 1 is 1.14 bits per heavy atom. The molecule has 0 aliphatic carbocycles. The minimum atomic E-state index is 0.245. The van der Waals surface area contributed by atoms with Crippen molar-refractivity contribution in [2.24, 2.45) is 0 Å². The summed E-state index contributed by atoms with van der Waals surface area (Å²) in [7, 11) is 0. The summed E-state index contributed by atoms with van der Waals surface area (Å²) in [5, 5.41) is 18.1. The molecule has 2 heterocycles. The van der Waals surface area contributed by atoms with Crippen molar-refractivity contribution >= 4 is 11.6 Å². The Morgan fingerprint density at radius 3 is 2.68 bits per heavy atom. The van der Waals surface area contributed by atoms with Gasteiger partial charge in [-0.2, -0.15) is 5.10 Å². The summed E-state index contributed by atoms with van der Waals surface area (Å²) in [4.78, 5) is 0. The maximum atomic E-state index is 8.98. The molecule has 3 rings (SSSR count). The van der Waals surface area contributed by atoms with Crippen LogP contribution in [0.4, 0.5) is 0 Å². The fourth-order valence-electron chi connectivity index (χ4n) is 3.02. The number of nitrogens with zero attached hydrogens (tertiary/aromatic N) is 2. The lowest BCUT2D eigenvalue weighted by molar-refractivity contribution is 0.279. The largest absolute Gasteiger partial charge is 0.396 e. The quantitative estimate of drug-likeness (QED) is 0.833. The van der Waals surface area contributed by atoms with E-state index in [1.165, 1.54) is 11.3 Å². The van der Waals surface area contributed by atoms with Crippen LogP contribution < -0.4 is 5.32 Å². The second kappa shape index (κ2) is 7.27. The smallest absolute Gasteiger partial charge is 0.0958 e. The Labute approximate surface area is 136 Å². The molecular formula is C17H22ClN3O. The summed E-state index contributed by atoms with van der Waals surface area (Å²) in [6, 6.07) is 7.93. The Kier molecular flexibility index (Phi) is 5.13. The molecule has 1 aromatic heterocycles. The van der Waals surface area contributed by atoms with Crippen molar-refractivity contribution < 1.29 is 5.11 Å². The van der Waals surface area contributed by atoms with E-state index in [1.54, 1.807) is 0 Å². The van der Waals surface area contributed by atoms with Gasteiger partial charge in [-0.05, 0) is 37.9 Å². The summed E-state index contributed by atoms with van der Waals surface area (Å²) in [5.41, 5.74) is 4.91. The average molecular weight is 320 g/mol. The van der Waals surface area contributed by atoms with E-state index in [0.717, 1.165) is 61.6 Å². The van der Waals surface area contributed by atoms with Crippen LogP contribution in [0.25, 0.3) is 11.3 Å². The number of aromatic nitrogens is 2. The third kappa shape index (κ3) is 3.35. The Bertz CT molecular complexity index is 622. The van der Waals surface area contributed by atoms with Crippen LogP contribution in [-0.4, -0.2) is 34.6 Å². The van der Waals surface area contributed by atoms with E-state index in [9.17, 15) is 0 Å².